The molecule has 0 spiro atoms. The number of nitrogens with zero attached hydrogens (tertiary/aromatic N) is 3. The molecule has 0 unspecified atom stereocenters. The fraction of sp³-hybridized carbons (Fsp3) is 0.529. The van der Waals surface area contributed by atoms with Crippen molar-refractivity contribution in [1.82, 2.24) is 15.0 Å². The number of hydrogen-bond donors (Lipinski definition) is 0. The molecule has 0 N–H and O–H groups in total. The Morgan fingerprint density at radius 1 is 1.32 bits per heavy atom. The van der Waals surface area contributed by atoms with Crippen LogP contribution in [-0.4, -0.2) is 41.3 Å². The van der Waals surface area contributed by atoms with E-state index in [2.05, 4.69) is 28.9 Å². The summed E-state index contributed by atoms with van der Waals surface area (Å²) in [5.41, 5.74) is 0.872. The molecule has 2 heterocycles. The molecule has 1 aliphatic rings. The van der Waals surface area contributed by atoms with Crippen LogP contribution >= 0.6 is 0 Å². The molecule has 1 aromatic heterocycles. The minimum absolute atomic E-state index is 0.326. The van der Waals surface area contributed by atoms with Gasteiger partial charge in [-0.05, 0) is 45.4 Å². The van der Waals surface area contributed by atoms with Gasteiger partial charge in [-0.1, -0.05) is 17.3 Å². The molecule has 22 heavy (non-hydrogen) atoms. The van der Waals surface area contributed by atoms with E-state index in [1.165, 1.54) is 6.42 Å². The molecule has 1 fully saturated rings. The number of aromatic nitrogens is 2. The van der Waals surface area contributed by atoms with E-state index in [1.807, 2.05) is 24.3 Å². The molecule has 1 aliphatic heterocycles. The van der Waals surface area contributed by atoms with Gasteiger partial charge < -0.3 is 14.2 Å². The minimum Gasteiger partial charge on any atom is -0.496 e. The van der Waals surface area contributed by atoms with Crippen molar-refractivity contribution < 1.29 is 9.26 Å². The van der Waals surface area contributed by atoms with Crippen LogP contribution < -0.4 is 4.74 Å². The van der Waals surface area contributed by atoms with E-state index < -0.39 is 0 Å². The topological polar surface area (TPSA) is 51.4 Å². The van der Waals surface area contributed by atoms with Gasteiger partial charge in [0.15, 0.2) is 0 Å². The first-order valence-corrected chi connectivity index (χ1v) is 7.90. The number of hydrogen-bond acceptors (Lipinski definition) is 5. The van der Waals surface area contributed by atoms with E-state index >= 15 is 0 Å². The second-order valence-corrected chi connectivity index (χ2v) is 6.08. The molecule has 0 aliphatic carbocycles. The van der Waals surface area contributed by atoms with Crippen LogP contribution in [0.15, 0.2) is 28.8 Å². The molecule has 0 radical (unpaired) electrons. The maximum atomic E-state index is 5.54. The fourth-order valence-electron chi connectivity index (χ4n) is 3.02. The summed E-state index contributed by atoms with van der Waals surface area (Å²) in [6.45, 7) is 6.61. The monoisotopic (exact) mass is 301 g/mol. The van der Waals surface area contributed by atoms with Crippen LogP contribution in [0.25, 0.3) is 11.4 Å². The number of piperidine rings is 1. The lowest BCUT2D eigenvalue weighted by Crippen LogP contribution is -2.39. The van der Waals surface area contributed by atoms with Gasteiger partial charge in [0.25, 0.3) is 0 Å². The molecule has 5 nitrogen and oxygen atoms in total. The van der Waals surface area contributed by atoms with E-state index in [0.717, 1.165) is 36.7 Å². The first-order chi connectivity index (χ1) is 10.7. The van der Waals surface area contributed by atoms with Gasteiger partial charge in [0.1, 0.15) is 5.75 Å². The number of likely N-dealkylation sites (tertiary alicyclic amines) is 1. The Labute approximate surface area is 131 Å². The van der Waals surface area contributed by atoms with Gasteiger partial charge in [0.2, 0.25) is 11.7 Å². The van der Waals surface area contributed by atoms with Gasteiger partial charge in [0, 0.05) is 12.6 Å². The zero-order valence-corrected chi connectivity index (χ0v) is 13.5. The summed E-state index contributed by atoms with van der Waals surface area (Å²) < 4.78 is 10.9. The number of benzene rings is 1. The van der Waals surface area contributed by atoms with Gasteiger partial charge in [-0.2, -0.15) is 4.98 Å². The normalized spacial score (nSPS) is 19.5. The van der Waals surface area contributed by atoms with E-state index in [4.69, 9.17) is 9.26 Å². The number of rotatable bonds is 4. The van der Waals surface area contributed by atoms with Crippen LogP contribution in [0.4, 0.5) is 0 Å². The predicted octanol–water partition coefficient (Wildman–Crippen LogP) is 3.33. The molecule has 0 bridgehead atoms. The predicted molar refractivity (Wildman–Crippen MR) is 85.0 cm³/mol. The first-order valence-electron chi connectivity index (χ1n) is 7.90. The van der Waals surface area contributed by atoms with Crippen molar-refractivity contribution >= 4 is 0 Å². The molecule has 1 saturated heterocycles. The zero-order chi connectivity index (χ0) is 15.5. The summed E-state index contributed by atoms with van der Waals surface area (Å²) >= 11 is 0. The van der Waals surface area contributed by atoms with Gasteiger partial charge in [-0.3, -0.25) is 0 Å². The average molecular weight is 301 g/mol. The molecule has 118 valence electrons. The Kier molecular flexibility index (Phi) is 4.43. The summed E-state index contributed by atoms with van der Waals surface area (Å²) in [6.07, 6.45) is 2.28. The van der Waals surface area contributed by atoms with Crippen molar-refractivity contribution in [3.63, 3.8) is 0 Å². The molecule has 2 aromatic rings. The molecule has 5 heteroatoms. The van der Waals surface area contributed by atoms with Gasteiger partial charge in [-0.15, -0.1) is 0 Å². The largest absolute Gasteiger partial charge is 0.496 e. The third kappa shape index (κ3) is 2.99. The van der Waals surface area contributed by atoms with Crippen LogP contribution in [-0.2, 0) is 0 Å². The first kappa shape index (κ1) is 15.0. The smallest absolute Gasteiger partial charge is 0.231 e. The summed E-state index contributed by atoms with van der Waals surface area (Å²) in [6, 6.07) is 8.31. The van der Waals surface area contributed by atoms with Gasteiger partial charge in [-0.25, -0.2) is 0 Å². The SMILES string of the molecule is COc1ccccc1-c1noc([C@H]2CCCN(C(C)C)C2)n1. The van der Waals surface area contributed by atoms with Crippen molar-refractivity contribution in [3.05, 3.63) is 30.2 Å². The van der Waals surface area contributed by atoms with E-state index in [-0.39, 0.29) is 0 Å². The van der Waals surface area contributed by atoms with E-state index in [9.17, 15) is 0 Å². The summed E-state index contributed by atoms with van der Waals surface area (Å²) in [5.74, 6) is 2.44. The van der Waals surface area contributed by atoms with Crippen LogP contribution in [0.2, 0.25) is 0 Å². The highest BCUT2D eigenvalue weighted by molar-refractivity contribution is 5.63. The summed E-state index contributed by atoms with van der Waals surface area (Å²) in [4.78, 5) is 7.10. The van der Waals surface area contributed by atoms with Crippen molar-refractivity contribution in [2.45, 2.75) is 38.6 Å². The van der Waals surface area contributed by atoms with Crippen molar-refractivity contribution in [3.8, 4) is 17.1 Å². The average Bonchev–Trinajstić information content (AvgIpc) is 3.04. The van der Waals surface area contributed by atoms with Crippen LogP contribution in [0.3, 0.4) is 0 Å². The Hall–Kier alpha value is -1.88. The Bertz CT molecular complexity index is 624. The molecule has 1 atom stereocenters. The molecule has 0 amide bonds. The van der Waals surface area contributed by atoms with Crippen molar-refractivity contribution in [1.29, 1.82) is 0 Å². The summed E-state index contributed by atoms with van der Waals surface area (Å²) in [7, 11) is 1.65. The fourth-order valence-corrected chi connectivity index (χ4v) is 3.02. The molecular formula is C17H23N3O2. The summed E-state index contributed by atoms with van der Waals surface area (Å²) in [5, 5.41) is 4.16. The molecule has 3 rings (SSSR count). The van der Waals surface area contributed by atoms with Gasteiger partial charge >= 0.3 is 0 Å². The highest BCUT2D eigenvalue weighted by atomic mass is 16.5. The zero-order valence-electron chi connectivity index (χ0n) is 13.5. The lowest BCUT2D eigenvalue weighted by atomic mass is 9.97. The lowest BCUT2D eigenvalue weighted by Gasteiger charge is -2.33. The lowest BCUT2D eigenvalue weighted by molar-refractivity contribution is 0.153. The number of methoxy groups -OCH3 is 1. The number of para-hydroxylation sites is 1. The maximum Gasteiger partial charge on any atom is 0.231 e. The van der Waals surface area contributed by atoms with Crippen molar-refractivity contribution in [2.75, 3.05) is 20.2 Å². The van der Waals surface area contributed by atoms with Gasteiger partial charge in [0.05, 0.1) is 18.6 Å². The Morgan fingerprint density at radius 3 is 2.91 bits per heavy atom. The molecule has 1 aromatic carbocycles. The van der Waals surface area contributed by atoms with Crippen molar-refractivity contribution in [2.24, 2.45) is 0 Å². The minimum atomic E-state index is 0.326. The maximum absolute atomic E-state index is 5.54. The highest BCUT2D eigenvalue weighted by Crippen LogP contribution is 2.31. The number of ether oxygens (including phenoxy) is 1. The quantitative estimate of drug-likeness (QED) is 0.867. The second kappa shape index (κ2) is 6.48. The van der Waals surface area contributed by atoms with Crippen LogP contribution in [0, 0.1) is 0 Å². The highest BCUT2D eigenvalue weighted by Gasteiger charge is 2.27. The van der Waals surface area contributed by atoms with E-state index in [0.29, 0.717) is 17.8 Å². The van der Waals surface area contributed by atoms with Crippen LogP contribution in [0.5, 0.6) is 5.75 Å². The standard InChI is InChI=1S/C17H23N3O2/c1-12(2)20-10-6-7-13(11-20)17-18-16(19-22-17)14-8-4-5-9-15(14)21-3/h4-5,8-9,12-13H,6-7,10-11H2,1-3H3/t13-/m0/s1. The Morgan fingerprint density at radius 2 is 2.14 bits per heavy atom. The molecule has 0 saturated carbocycles. The second-order valence-electron chi connectivity index (χ2n) is 6.08. The third-order valence-electron chi connectivity index (χ3n) is 4.32. The third-order valence-corrected chi connectivity index (χ3v) is 4.32. The Balaban J connectivity index is 1.81. The molecular weight excluding hydrogens is 278 g/mol. The van der Waals surface area contributed by atoms with E-state index in [1.54, 1.807) is 7.11 Å². The van der Waals surface area contributed by atoms with Crippen LogP contribution in [0.1, 0.15) is 38.5 Å².